The molecule has 27 heavy (non-hydrogen) atoms. The molecule has 1 N–H and O–H groups in total. The third-order valence-corrected chi connectivity index (χ3v) is 7.96. The smallest absolute Gasteiger partial charge is 0.223 e. The molecule has 0 unspecified atom stereocenters. The van der Waals surface area contributed by atoms with Gasteiger partial charge in [0.15, 0.2) is 0 Å². The molecule has 1 amide bonds. The third kappa shape index (κ3) is 3.78. The predicted octanol–water partition coefficient (Wildman–Crippen LogP) is 4.64. The minimum atomic E-state index is 0.159. The van der Waals surface area contributed by atoms with Crippen molar-refractivity contribution in [3.63, 3.8) is 0 Å². The fraction of sp³-hybridized carbons (Fsp3) is 0.696. The van der Waals surface area contributed by atoms with E-state index in [1.165, 1.54) is 44.1 Å². The molecule has 4 saturated carbocycles. The first-order valence-electron chi connectivity index (χ1n) is 10.9. The van der Waals surface area contributed by atoms with Crippen LogP contribution in [0.2, 0.25) is 5.02 Å². The Bertz CT molecular complexity index is 658. The molecular formula is C23H31ClN2O. The van der Waals surface area contributed by atoms with E-state index in [1.807, 2.05) is 12.1 Å². The lowest BCUT2D eigenvalue weighted by molar-refractivity contribution is -0.132. The number of benzene rings is 1. The Kier molecular flexibility index (Phi) is 4.72. The number of nitrogens with zero attached hydrogens (tertiary/aromatic N) is 1. The molecule has 5 fully saturated rings. The van der Waals surface area contributed by atoms with E-state index in [9.17, 15) is 4.79 Å². The van der Waals surface area contributed by atoms with Crippen LogP contribution in [0.25, 0.3) is 0 Å². The maximum atomic E-state index is 13.0. The second kappa shape index (κ2) is 7.08. The summed E-state index contributed by atoms with van der Waals surface area (Å²) in [6, 6.07) is 8.13. The van der Waals surface area contributed by atoms with Crippen molar-refractivity contribution >= 4 is 17.5 Å². The minimum Gasteiger partial charge on any atom is -0.350 e. The highest BCUT2D eigenvalue weighted by molar-refractivity contribution is 6.30. The Morgan fingerprint density at radius 1 is 1.00 bits per heavy atom. The standard InChI is InChI=1S/C23H31ClN2O/c24-21-3-1-16(2-4-21)15-26-7-5-20(6-8-26)22(27)25-23-12-17-9-18(13-23)11-19(10-17)14-23/h1-4,17-20H,5-15H2,(H,25,27). The molecule has 0 aromatic heterocycles. The Morgan fingerprint density at radius 2 is 1.56 bits per heavy atom. The van der Waals surface area contributed by atoms with Gasteiger partial charge in [0, 0.05) is 23.0 Å². The van der Waals surface area contributed by atoms with Crippen LogP contribution in [-0.4, -0.2) is 29.4 Å². The summed E-state index contributed by atoms with van der Waals surface area (Å²) < 4.78 is 0. The third-order valence-electron chi connectivity index (χ3n) is 7.70. The van der Waals surface area contributed by atoms with Gasteiger partial charge in [-0.15, -0.1) is 0 Å². The second-order valence-electron chi connectivity index (χ2n) is 9.86. The van der Waals surface area contributed by atoms with Gasteiger partial charge in [0.05, 0.1) is 0 Å². The van der Waals surface area contributed by atoms with Gasteiger partial charge in [-0.3, -0.25) is 9.69 Å². The Labute approximate surface area is 167 Å². The van der Waals surface area contributed by atoms with E-state index in [1.54, 1.807) is 0 Å². The van der Waals surface area contributed by atoms with Crippen molar-refractivity contribution in [3.05, 3.63) is 34.9 Å². The lowest BCUT2D eigenvalue weighted by Crippen LogP contribution is -2.61. The van der Waals surface area contributed by atoms with Gasteiger partial charge in [-0.2, -0.15) is 0 Å². The quantitative estimate of drug-likeness (QED) is 0.817. The van der Waals surface area contributed by atoms with E-state index in [0.717, 1.165) is 55.3 Å². The lowest BCUT2D eigenvalue weighted by atomic mass is 9.53. The van der Waals surface area contributed by atoms with Gasteiger partial charge in [0.2, 0.25) is 5.91 Å². The van der Waals surface area contributed by atoms with Crippen molar-refractivity contribution in [2.24, 2.45) is 23.7 Å². The van der Waals surface area contributed by atoms with Gasteiger partial charge in [0.25, 0.3) is 0 Å². The highest BCUT2D eigenvalue weighted by atomic mass is 35.5. The highest BCUT2D eigenvalue weighted by Crippen LogP contribution is 2.55. The number of likely N-dealkylation sites (tertiary alicyclic amines) is 1. The first-order chi connectivity index (χ1) is 13.1. The van der Waals surface area contributed by atoms with Gasteiger partial charge in [-0.25, -0.2) is 0 Å². The number of piperidine rings is 1. The van der Waals surface area contributed by atoms with E-state index in [2.05, 4.69) is 22.3 Å². The normalized spacial score (nSPS) is 36.1. The summed E-state index contributed by atoms with van der Waals surface area (Å²) in [5.74, 6) is 3.22. The predicted molar refractivity (Wildman–Crippen MR) is 108 cm³/mol. The molecule has 146 valence electrons. The van der Waals surface area contributed by atoms with Crippen molar-refractivity contribution in [1.29, 1.82) is 0 Å². The van der Waals surface area contributed by atoms with Crippen molar-refractivity contribution in [2.75, 3.05) is 13.1 Å². The van der Waals surface area contributed by atoms with Crippen LogP contribution in [-0.2, 0) is 11.3 Å². The summed E-state index contributed by atoms with van der Waals surface area (Å²) in [6.07, 6.45) is 10.0. The molecular weight excluding hydrogens is 356 g/mol. The molecule has 0 radical (unpaired) electrons. The Balaban J connectivity index is 1.14. The number of nitrogens with one attached hydrogen (secondary N) is 1. The number of carbonyl (C=O) groups excluding carboxylic acids is 1. The molecule has 4 heteroatoms. The van der Waals surface area contributed by atoms with E-state index in [4.69, 9.17) is 11.6 Å². The van der Waals surface area contributed by atoms with E-state index >= 15 is 0 Å². The molecule has 1 aliphatic heterocycles. The van der Waals surface area contributed by atoms with Gasteiger partial charge >= 0.3 is 0 Å². The molecule has 3 nitrogen and oxygen atoms in total. The topological polar surface area (TPSA) is 32.3 Å². The Morgan fingerprint density at radius 3 is 2.11 bits per heavy atom. The average molecular weight is 387 g/mol. The highest BCUT2D eigenvalue weighted by Gasteiger charge is 2.51. The molecule has 0 atom stereocenters. The van der Waals surface area contributed by atoms with Crippen LogP contribution >= 0.6 is 11.6 Å². The van der Waals surface area contributed by atoms with Gasteiger partial charge in [-0.05, 0) is 99.9 Å². The first-order valence-corrected chi connectivity index (χ1v) is 11.2. The molecule has 1 aromatic carbocycles. The maximum Gasteiger partial charge on any atom is 0.223 e. The largest absolute Gasteiger partial charge is 0.350 e. The second-order valence-corrected chi connectivity index (χ2v) is 10.3. The van der Waals surface area contributed by atoms with Crippen LogP contribution in [0.5, 0.6) is 0 Å². The lowest BCUT2D eigenvalue weighted by Gasteiger charge is -2.57. The van der Waals surface area contributed by atoms with Crippen LogP contribution in [0.15, 0.2) is 24.3 Å². The monoisotopic (exact) mass is 386 g/mol. The van der Waals surface area contributed by atoms with Crippen molar-refractivity contribution < 1.29 is 4.79 Å². The Hall–Kier alpha value is -1.06. The molecule has 1 heterocycles. The van der Waals surface area contributed by atoms with Crippen molar-refractivity contribution in [3.8, 4) is 0 Å². The van der Waals surface area contributed by atoms with Crippen molar-refractivity contribution in [1.82, 2.24) is 10.2 Å². The molecule has 5 aliphatic rings. The van der Waals surface area contributed by atoms with Crippen LogP contribution in [0.1, 0.15) is 56.9 Å². The summed E-state index contributed by atoms with van der Waals surface area (Å²) >= 11 is 5.98. The summed E-state index contributed by atoms with van der Waals surface area (Å²) in [6.45, 7) is 2.99. The van der Waals surface area contributed by atoms with E-state index < -0.39 is 0 Å². The number of halogens is 1. The molecule has 6 rings (SSSR count). The number of rotatable bonds is 4. The summed E-state index contributed by atoms with van der Waals surface area (Å²) in [7, 11) is 0. The molecule has 4 aliphatic carbocycles. The fourth-order valence-corrected chi connectivity index (χ4v) is 6.95. The number of amides is 1. The van der Waals surface area contributed by atoms with Gasteiger partial charge < -0.3 is 5.32 Å². The summed E-state index contributed by atoms with van der Waals surface area (Å²) in [4.78, 5) is 15.5. The fourth-order valence-electron chi connectivity index (χ4n) is 6.83. The minimum absolute atomic E-state index is 0.159. The number of hydrogen-bond acceptors (Lipinski definition) is 2. The SMILES string of the molecule is O=C(NC12CC3CC(CC(C3)C1)C2)C1CCN(Cc2ccc(Cl)cc2)CC1. The average Bonchev–Trinajstić information content (AvgIpc) is 2.63. The zero-order valence-corrected chi connectivity index (χ0v) is 16.9. The van der Waals surface area contributed by atoms with Gasteiger partial charge in [-0.1, -0.05) is 23.7 Å². The molecule has 1 saturated heterocycles. The molecule has 1 aromatic rings. The summed E-state index contributed by atoms with van der Waals surface area (Å²) in [5, 5.41) is 4.38. The zero-order chi connectivity index (χ0) is 18.4. The van der Waals surface area contributed by atoms with Crippen LogP contribution in [0, 0.1) is 23.7 Å². The first kappa shape index (κ1) is 18.0. The maximum absolute atomic E-state index is 13.0. The zero-order valence-electron chi connectivity index (χ0n) is 16.1. The van der Waals surface area contributed by atoms with Crippen LogP contribution < -0.4 is 5.32 Å². The molecule has 0 spiro atoms. The van der Waals surface area contributed by atoms with Crippen molar-refractivity contribution in [2.45, 2.75) is 63.5 Å². The van der Waals surface area contributed by atoms with E-state index in [-0.39, 0.29) is 11.5 Å². The van der Waals surface area contributed by atoms with Crippen LogP contribution in [0.4, 0.5) is 0 Å². The number of hydrogen-bond donors (Lipinski definition) is 1. The van der Waals surface area contributed by atoms with Crippen LogP contribution in [0.3, 0.4) is 0 Å². The van der Waals surface area contributed by atoms with E-state index in [0.29, 0.717) is 5.91 Å². The molecule has 4 bridgehead atoms. The summed E-state index contributed by atoms with van der Waals surface area (Å²) in [5.41, 5.74) is 1.46. The van der Waals surface area contributed by atoms with Gasteiger partial charge in [0.1, 0.15) is 0 Å². The number of carbonyl (C=O) groups is 1.